The SMILES string of the molecule is O=C(NC[C@H]1CCCC[C@@H]1O)c1c(F)cccc1Br. The molecule has 0 bridgehead atoms. The van der Waals surface area contributed by atoms with Crippen LogP contribution in [0.2, 0.25) is 0 Å². The van der Waals surface area contributed by atoms with Gasteiger partial charge in [0.2, 0.25) is 0 Å². The number of halogens is 2. The molecule has 0 spiro atoms. The lowest BCUT2D eigenvalue weighted by Crippen LogP contribution is -2.37. The monoisotopic (exact) mass is 329 g/mol. The first-order valence-corrected chi connectivity index (χ1v) is 7.29. The number of amides is 1. The van der Waals surface area contributed by atoms with E-state index in [4.69, 9.17) is 0 Å². The highest BCUT2D eigenvalue weighted by Gasteiger charge is 2.24. The van der Waals surface area contributed by atoms with E-state index >= 15 is 0 Å². The second-order valence-corrected chi connectivity index (χ2v) is 5.77. The molecule has 1 aliphatic rings. The molecule has 2 atom stereocenters. The fourth-order valence-electron chi connectivity index (χ4n) is 2.45. The summed E-state index contributed by atoms with van der Waals surface area (Å²) in [4.78, 5) is 12.0. The number of carbonyl (C=O) groups is 1. The Bertz CT molecular complexity index is 447. The van der Waals surface area contributed by atoms with Crippen LogP contribution in [-0.4, -0.2) is 23.7 Å². The maximum Gasteiger partial charge on any atom is 0.255 e. The minimum Gasteiger partial charge on any atom is -0.393 e. The summed E-state index contributed by atoms with van der Waals surface area (Å²) in [5.74, 6) is -0.915. The van der Waals surface area contributed by atoms with Gasteiger partial charge in [0.1, 0.15) is 5.82 Å². The number of aliphatic hydroxyl groups is 1. The molecule has 1 aliphatic carbocycles. The van der Waals surface area contributed by atoms with Gasteiger partial charge in [0.25, 0.3) is 5.91 Å². The normalized spacial score (nSPS) is 23.1. The number of aliphatic hydroxyl groups excluding tert-OH is 1. The zero-order valence-electron chi connectivity index (χ0n) is 10.5. The van der Waals surface area contributed by atoms with Gasteiger partial charge in [-0.15, -0.1) is 0 Å². The van der Waals surface area contributed by atoms with Gasteiger partial charge in [-0.05, 0) is 40.9 Å². The van der Waals surface area contributed by atoms with Gasteiger partial charge in [0.05, 0.1) is 11.7 Å². The quantitative estimate of drug-likeness (QED) is 0.895. The van der Waals surface area contributed by atoms with Crippen molar-refractivity contribution in [1.29, 1.82) is 0 Å². The number of hydrogen-bond acceptors (Lipinski definition) is 2. The summed E-state index contributed by atoms with van der Waals surface area (Å²) >= 11 is 3.18. The van der Waals surface area contributed by atoms with Gasteiger partial charge in [0.15, 0.2) is 0 Å². The first-order valence-electron chi connectivity index (χ1n) is 6.50. The zero-order chi connectivity index (χ0) is 13.8. The molecule has 3 nitrogen and oxygen atoms in total. The number of carbonyl (C=O) groups excluding carboxylic acids is 1. The summed E-state index contributed by atoms with van der Waals surface area (Å²) in [5.41, 5.74) is 0.0211. The Morgan fingerprint density at radius 2 is 2.16 bits per heavy atom. The van der Waals surface area contributed by atoms with Crippen molar-refractivity contribution in [1.82, 2.24) is 5.32 Å². The van der Waals surface area contributed by atoms with Gasteiger partial charge in [-0.2, -0.15) is 0 Å². The summed E-state index contributed by atoms with van der Waals surface area (Å²) in [6.07, 6.45) is 3.42. The van der Waals surface area contributed by atoms with Crippen molar-refractivity contribution in [2.24, 2.45) is 5.92 Å². The first-order chi connectivity index (χ1) is 9.09. The average molecular weight is 330 g/mol. The van der Waals surface area contributed by atoms with Crippen molar-refractivity contribution >= 4 is 21.8 Å². The molecule has 1 saturated carbocycles. The molecule has 5 heteroatoms. The molecular formula is C14H17BrFNO2. The minimum absolute atomic E-state index is 0.0211. The smallest absolute Gasteiger partial charge is 0.255 e. The third kappa shape index (κ3) is 3.54. The van der Waals surface area contributed by atoms with Crippen LogP contribution >= 0.6 is 15.9 Å². The maximum atomic E-state index is 13.6. The summed E-state index contributed by atoms with van der Waals surface area (Å²) in [5, 5.41) is 12.5. The van der Waals surface area contributed by atoms with Crippen molar-refractivity contribution in [3.05, 3.63) is 34.1 Å². The van der Waals surface area contributed by atoms with E-state index in [0.717, 1.165) is 25.7 Å². The molecule has 19 heavy (non-hydrogen) atoms. The van der Waals surface area contributed by atoms with Crippen molar-refractivity contribution in [2.45, 2.75) is 31.8 Å². The van der Waals surface area contributed by atoms with Gasteiger partial charge in [-0.1, -0.05) is 18.9 Å². The Kier molecular flexibility index (Phi) is 4.93. The van der Waals surface area contributed by atoms with Gasteiger partial charge >= 0.3 is 0 Å². The Labute approximate surface area is 120 Å². The van der Waals surface area contributed by atoms with E-state index < -0.39 is 11.7 Å². The van der Waals surface area contributed by atoms with E-state index in [1.807, 2.05) is 0 Å². The number of nitrogens with one attached hydrogen (secondary N) is 1. The predicted octanol–water partition coefficient (Wildman–Crippen LogP) is 2.87. The molecule has 0 saturated heterocycles. The molecule has 0 radical (unpaired) electrons. The van der Waals surface area contributed by atoms with E-state index in [9.17, 15) is 14.3 Å². The summed E-state index contributed by atoms with van der Waals surface area (Å²) in [7, 11) is 0. The summed E-state index contributed by atoms with van der Waals surface area (Å²) < 4.78 is 14.0. The highest BCUT2D eigenvalue weighted by atomic mass is 79.9. The van der Waals surface area contributed by atoms with Crippen LogP contribution in [0.5, 0.6) is 0 Å². The predicted molar refractivity (Wildman–Crippen MR) is 74.4 cm³/mol. The van der Waals surface area contributed by atoms with E-state index in [-0.39, 0.29) is 17.6 Å². The summed E-state index contributed by atoms with van der Waals surface area (Å²) in [6, 6.07) is 4.43. The van der Waals surface area contributed by atoms with E-state index in [1.54, 1.807) is 12.1 Å². The van der Waals surface area contributed by atoms with E-state index in [0.29, 0.717) is 11.0 Å². The number of rotatable bonds is 3. The number of benzene rings is 1. The molecule has 2 rings (SSSR count). The lowest BCUT2D eigenvalue weighted by Gasteiger charge is -2.27. The number of hydrogen-bond donors (Lipinski definition) is 2. The van der Waals surface area contributed by atoms with Gasteiger partial charge < -0.3 is 10.4 Å². The molecular weight excluding hydrogens is 313 g/mol. The average Bonchev–Trinajstić information content (AvgIpc) is 2.37. The van der Waals surface area contributed by atoms with E-state index in [1.165, 1.54) is 6.07 Å². The molecule has 104 valence electrons. The topological polar surface area (TPSA) is 49.3 Å². The van der Waals surface area contributed by atoms with Crippen LogP contribution in [0.4, 0.5) is 4.39 Å². The molecule has 1 aromatic carbocycles. The lowest BCUT2D eigenvalue weighted by atomic mass is 9.86. The highest BCUT2D eigenvalue weighted by molar-refractivity contribution is 9.10. The largest absolute Gasteiger partial charge is 0.393 e. The van der Waals surface area contributed by atoms with Crippen LogP contribution in [0.3, 0.4) is 0 Å². The highest BCUT2D eigenvalue weighted by Crippen LogP contribution is 2.24. The molecule has 1 amide bonds. The molecule has 1 fully saturated rings. The third-order valence-electron chi connectivity index (χ3n) is 3.58. The molecule has 0 aliphatic heterocycles. The second-order valence-electron chi connectivity index (χ2n) is 4.92. The zero-order valence-corrected chi connectivity index (χ0v) is 12.1. The van der Waals surface area contributed by atoms with Crippen LogP contribution < -0.4 is 5.32 Å². The van der Waals surface area contributed by atoms with Gasteiger partial charge in [-0.3, -0.25) is 4.79 Å². The van der Waals surface area contributed by atoms with Gasteiger partial charge in [0, 0.05) is 16.9 Å². The van der Waals surface area contributed by atoms with Gasteiger partial charge in [-0.25, -0.2) is 4.39 Å². The fourth-order valence-corrected chi connectivity index (χ4v) is 2.98. The van der Waals surface area contributed by atoms with Crippen molar-refractivity contribution in [3.63, 3.8) is 0 Å². The molecule has 0 heterocycles. The molecule has 2 N–H and O–H groups in total. The van der Waals surface area contributed by atoms with Crippen LogP contribution in [0.1, 0.15) is 36.0 Å². The lowest BCUT2D eigenvalue weighted by molar-refractivity contribution is 0.0662. The first kappa shape index (κ1) is 14.5. The Morgan fingerprint density at radius 1 is 1.42 bits per heavy atom. The third-order valence-corrected chi connectivity index (χ3v) is 4.24. The van der Waals surface area contributed by atoms with Crippen molar-refractivity contribution in [3.8, 4) is 0 Å². The summed E-state index contributed by atoms with van der Waals surface area (Å²) in [6.45, 7) is 0.390. The van der Waals surface area contributed by atoms with Crippen molar-refractivity contribution in [2.75, 3.05) is 6.54 Å². The molecule has 1 aromatic rings. The second kappa shape index (κ2) is 6.48. The fraction of sp³-hybridized carbons (Fsp3) is 0.500. The van der Waals surface area contributed by atoms with Crippen molar-refractivity contribution < 1.29 is 14.3 Å². The van der Waals surface area contributed by atoms with Crippen LogP contribution in [0.15, 0.2) is 22.7 Å². The Hall–Kier alpha value is -0.940. The Balaban J connectivity index is 1.97. The van der Waals surface area contributed by atoms with Crippen LogP contribution in [0.25, 0.3) is 0 Å². The standard InChI is InChI=1S/C14H17BrFNO2/c15-10-5-3-6-11(16)13(10)14(19)17-8-9-4-1-2-7-12(9)18/h3,5-6,9,12,18H,1-2,4,7-8H2,(H,17,19)/t9-,12+/m1/s1. The Morgan fingerprint density at radius 3 is 2.84 bits per heavy atom. The maximum absolute atomic E-state index is 13.6. The van der Waals surface area contributed by atoms with Crippen LogP contribution in [0, 0.1) is 11.7 Å². The molecule has 0 unspecified atom stereocenters. The van der Waals surface area contributed by atoms with Crippen LogP contribution in [-0.2, 0) is 0 Å². The van der Waals surface area contributed by atoms with E-state index in [2.05, 4.69) is 21.2 Å². The molecule has 0 aromatic heterocycles. The minimum atomic E-state index is -0.545.